The van der Waals surface area contributed by atoms with E-state index in [1.54, 1.807) is 21.6 Å². The third-order valence-electron chi connectivity index (χ3n) is 3.71. The van der Waals surface area contributed by atoms with Crippen LogP contribution in [-0.2, 0) is 4.74 Å². The van der Waals surface area contributed by atoms with E-state index in [9.17, 15) is 4.79 Å². The van der Waals surface area contributed by atoms with Gasteiger partial charge in [0.1, 0.15) is 11.8 Å². The highest BCUT2D eigenvalue weighted by Gasteiger charge is 2.31. The number of imidazole rings is 1. The van der Waals surface area contributed by atoms with Gasteiger partial charge in [-0.3, -0.25) is 9.20 Å². The van der Waals surface area contributed by atoms with Gasteiger partial charge in [-0.05, 0) is 12.1 Å². The summed E-state index contributed by atoms with van der Waals surface area (Å²) in [7, 11) is 0. The fourth-order valence-corrected chi connectivity index (χ4v) is 2.88. The Morgan fingerprint density at radius 1 is 1.39 bits per heavy atom. The SMILES string of the molecule is O=C(c1c(Cl)nc2ccccn12)N1CCOC(c2ncon2)C1. The minimum Gasteiger partial charge on any atom is -0.366 e. The largest absolute Gasteiger partial charge is 0.366 e. The summed E-state index contributed by atoms with van der Waals surface area (Å²) in [6.07, 6.45) is 2.59. The molecule has 0 saturated carbocycles. The maximum absolute atomic E-state index is 12.9. The molecule has 1 aliphatic heterocycles. The minimum atomic E-state index is -0.413. The van der Waals surface area contributed by atoms with Crippen molar-refractivity contribution >= 4 is 23.2 Å². The van der Waals surface area contributed by atoms with Crippen LogP contribution in [0.15, 0.2) is 35.3 Å². The first-order valence-corrected chi connectivity index (χ1v) is 7.41. The minimum absolute atomic E-state index is 0.184. The van der Waals surface area contributed by atoms with Crippen molar-refractivity contribution in [2.75, 3.05) is 19.7 Å². The maximum Gasteiger partial charge on any atom is 0.274 e. The Kier molecular flexibility index (Phi) is 3.47. The summed E-state index contributed by atoms with van der Waals surface area (Å²) in [5.41, 5.74) is 0.972. The molecular weight excluding hydrogens is 322 g/mol. The molecule has 118 valence electrons. The van der Waals surface area contributed by atoms with E-state index < -0.39 is 6.10 Å². The molecule has 3 aromatic heterocycles. The van der Waals surface area contributed by atoms with Gasteiger partial charge < -0.3 is 14.2 Å². The Morgan fingerprint density at radius 2 is 2.30 bits per heavy atom. The predicted octanol–water partition coefficient (Wildman–Crippen LogP) is 1.58. The number of amides is 1. The fourth-order valence-electron chi connectivity index (χ4n) is 2.62. The summed E-state index contributed by atoms with van der Waals surface area (Å²) in [5.74, 6) is 0.220. The molecule has 0 bridgehead atoms. The van der Waals surface area contributed by atoms with Crippen molar-refractivity contribution in [2.24, 2.45) is 0 Å². The number of pyridine rings is 1. The molecule has 4 heterocycles. The monoisotopic (exact) mass is 333 g/mol. The van der Waals surface area contributed by atoms with Gasteiger partial charge in [0.05, 0.1) is 13.2 Å². The molecule has 1 saturated heterocycles. The van der Waals surface area contributed by atoms with E-state index in [1.807, 2.05) is 12.1 Å². The molecule has 0 aliphatic carbocycles. The molecule has 1 fully saturated rings. The van der Waals surface area contributed by atoms with Crippen LogP contribution in [0.3, 0.4) is 0 Å². The molecule has 1 amide bonds. The third-order valence-corrected chi connectivity index (χ3v) is 3.97. The van der Waals surface area contributed by atoms with Gasteiger partial charge in [0.2, 0.25) is 12.2 Å². The summed E-state index contributed by atoms with van der Waals surface area (Å²) >= 11 is 6.17. The van der Waals surface area contributed by atoms with Crippen LogP contribution in [0, 0.1) is 0 Å². The Hall–Kier alpha value is -2.45. The van der Waals surface area contributed by atoms with Gasteiger partial charge in [-0.25, -0.2) is 4.98 Å². The second-order valence-corrected chi connectivity index (χ2v) is 5.44. The van der Waals surface area contributed by atoms with Crippen LogP contribution >= 0.6 is 11.6 Å². The van der Waals surface area contributed by atoms with E-state index in [2.05, 4.69) is 15.1 Å². The smallest absolute Gasteiger partial charge is 0.274 e. The first-order valence-electron chi connectivity index (χ1n) is 7.04. The zero-order valence-corrected chi connectivity index (χ0v) is 12.7. The van der Waals surface area contributed by atoms with Crippen LogP contribution in [0.2, 0.25) is 5.15 Å². The van der Waals surface area contributed by atoms with E-state index >= 15 is 0 Å². The van der Waals surface area contributed by atoms with Crippen LogP contribution in [-0.4, -0.2) is 50.0 Å². The number of hydrogen-bond acceptors (Lipinski definition) is 6. The standard InChI is InChI=1S/C14H12ClN5O3/c15-12-11(20-4-2-1-3-10(20)17-12)14(21)19-5-6-22-9(7-19)13-16-8-23-18-13/h1-4,8-9H,5-7H2. The molecule has 0 radical (unpaired) electrons. The number of nitrogens with zero attached hydrogens (tertiary/aromatic N) is 5. The van der Waals surface area contributed by atoms with Gasteiger partial charge in [0.15, 0.2) is 10.8 Å². The average Bonchev–Trinajstić information content (AvgIpc) is 3.21. The van der Waals surface area contributed by atoms with Crippen LogP contribution in [0.25, 0.3) is 5.65 Å². The summed E-state index contributed by atoms with van der Waals surface area (Å²) in [6, 6.07) is 5.46. The zero-order valence-electron chi connectivity index (χ0n) is 11.9. The van der Waals surface area contributed by atoms with Crippen molar-refractivity contribution in [1.82, 2.24) is 24.4 Å². The molecule has 3 aromatic rings. The Bertz CT molecular complexity index is 847. The van der Waals surface area contributed by atoms with Crippen LogP contribution in [0.1, 0.15) is 22.4 Å². The highest BCUT2D eigenvalue weighted by atomic mass is 35.5. The van der Waals surface area contributed by atoms with E-state index in [1.165, 1.54) is 6.39 Å². The quantitative estimate of drug-likeness (QED) is 0.708. The van der Waals surface area contributed by atoms with Gasteiger partial charge in [-0.1, -0.05) is 22.8 Å². The van der Waals surface area contributed by atoms with Crippen molar-refractivity contribution in [3.63, 3.8) is 0 Å². The number of halogens is 1. The van der Waals surface area contributed by atoms with E-state index in [4.69, 9.17) is 20.9 Å². The number of rotatable bonds is 2. The van der Waals surface area contributed by atoms with Crippen molar-refractivity contribution in [3.8, 4) is 0 Å². The van der Waals surface area contributed by atoms with Gasteiger partial charge in [0, 0.05) is 12.7 Å². The lowest BCUT2D eigenvalue weighted by Crippen LogP contribution is -2.43. The van der Waals surface area contributed by atoms with Crippen molar-refractivity contribution in [1.29, 1.82) is 0 Å². The number of ether oxygens (including phenoxy) is 1. The Labute approximate surface area is 135 Å². The predicted molar refractivity (Wildman–Crippen MR) is 79.1 cm³/mol. The molecule has 1 atom stereocenters. The number of hydrogen-bond donors (Lipinski definition) is 0. The van der Waals surface area contributed by atoms with E-state index in [0.29, 0.717) is 36.9 Å². The summed E-state index contributed by atoms with van der Waals surface area (Å²) < 4.78 is 12.0. The molecular formula is C14H12ClN5O3. The van der Waals surface area contributed by atoms with Crippen molar-refractivity contribution < 1.29 is 14.1 Å². The number of carbonyl (C=O) groups excluding carboxylic acids is 1. The highest BCUT2D eigenvalue weighted by molar-refractivity contribution is 6.32. The van der Waals surface area contributed by atoms with Gasteiger partial charge in [-0.15, -0.1) is 0 Å². The molecule has 8 nitrogen and oxygen atoms in total. The fraction of sp³-hybridized carbons (Fsp3) is 0.286. The van der Waals surface area contributed by atoms with Gasteiger partial charge in [0.25, 0.3) is 5.91 Å². The van der Waals surface area contributed by atoms with Crippen molar-refractivity contribution in [2.45, 2.75) is 6.10 Å². The highest BCUT2D eigenvalue weighted by Crippen LogP contribution is 2.24. The number of carbonyl (C=O) groups is 1. The Morgan fingerprint density at radius 3 is 3.13 bits per heavy atom. The molecule has 4 rings (SSSR count). The van der Waals surface area contributed by atoms with Gasteiger partial charge >= 0.3 is 0 Å². The van der Waals surface area contributed by atoms with Crippen molar-refractivity contribution in [3.05, 3.63) is 47.5 Å². The van der Waals surface area contributed by atoms with Crippen LogP contribution in [0.5, 0.6) is 0 Å². The molecule has 1 unspecified atom stereocenters. The number of morpholine rings is 1. The maximum atomic E-state index is 12.9. The second-order valence-electron chi connectivity index (χ2n) is 5.08. The van der Waals surface area contributed by atoms with Crippen LogP contribution < -0.4 is 0 Å². The number of fused-ring (bicyclic) bond motifs is 1. The molecule has 0 spiro atoms. The normalized spacial score (nSPS) is 18.5. The van der Waals surface area contributed by atoms with Gasteiger partial charge in [-0.2, -0.15) is 4.98 Å². The molecule has 0 N–H and O–H groups in total. The lowest BCUT2D eigenvalue weighted by Gasteiger charge is -2.31. The third kappa shape index (κ3) is 2.45. The molecule has 1 aliphatic rings. The average molecular weight is 334 g/mol. The lowest BCUT2D eigenvalue weighted by molar-refractivity contribution is -0.0278. The first-order chi connectivity index (χ1) is 11.2. The summed E-state index contributed by atoms with van der Waals surface area (Å²) in [4.78, 5) is 22.7. The van der Waals surface area contributed by atoms with E-state index in [0.717, 1.165) is 0 Å². The van der Waals surface area contributed by atoms with E-state index in [-0.39, 0.29) is 11.1 Å². The molecule has 9 heteroatoms. The van der Waals surface area contributed by atoms with Crippen LogP contribution in [0.4, 0.5) is 0 Å². The number of aromatic nitrogens is 4. The zero-order chi connectivity index (χ0) is 15.8. The summed E-state index contributed by atoms with van der Waals surface area (Å²) in [5, 5.41) is 3.96. The first kappa shape index (κ1) is 14.2. The summed E-state index contributed by atoms with van der Waals surface area (Å²) in [6.45, 7) is 1.18. The second kappa shape index (κ2) is 5.64. The lowest BCUT2D eigenvalue weighted by atomic mass is 10.2. The molecule has 0 aromatic carbocycles. The topological polar surface area (TPSA) is 85.8 Å². The Balaban J connectivity index is 1.64. The molecule has 23 heavy (non-hydrogen) atoms.